The van der Waals surface area contributed by atoms with Crippen LogP contribution in [0.15, 0.2) is 16.8 Å². The summed E-state index contributed by atoms with van der Waals surface area (Å²) in [6, 6.07) is 1.91. The second kappa shape index (κ2) is 7.45. The summed E-state index contributed by atoms with van der Waals surface area (Å²) < 4.78 is 5.27. The molecule has 2 rings (SSSR count). The van der Waals surface area contributed by atoms with Crippen LogP contribution < -0.4 is 4.90 Å². The number of carbonyl (C=O) groups excluding carboxylic acids is 2. The number of piperazine rings is 1. The average Bonchev–Trinajstić information content (AvgIpc) is 2.92. The van der Waals surface area contributed by atoms with Gasteiger partial charge in [0.05, 0.1) is 5.69 Å². The highest BCUT2D eigenvalue weighted by atomic mass is 32.1. The van der Waals surface area contributed by atoms with Crippen LogP contribution in [-0.4, -0.2) is 42.1 Å². The normalized spacial score (nSPS) is 15.4. The third-order valence-corrected chi connectivity index (χ3v) is 3.36. The second-order valence-electron chi connectivity index (χ2n) is 5.43. The van der Waals surface area contributed by atoms with Gasteiger partial charge >= 0.3 is 6.09 Å². The maximum absolute atomic E-state index is 12.1. The first-order valence-corrected chi connectivity index (χ1v) is 8.11. The summed E-state index contributed by atoms with van der Waals surface area (Å²) in [6.07, 6.45) is -0.425. The first kappa shape index (κ1) is 17.5. The van der Waals surface area contributed by atoms with Crippen molar-refractivity contribution in [3.05, 3.63) is 16.8 Å². The molecule has 1 saturated heterocycles. The molecule has 6 heteroatoms. The van der Waals surface area contributed by atoms with E-state index in [1.54, 1.807) is 16.2 Å². The highest BCUT2D eigenvalue weighted by Crippen LogP contribution is 2.21. The predicted octanol–water partition coefficient (Wildman–Crippen LogP) is 3.36. The molecular formula is C15H24N2O3S. The van der Waals surface area contributed by atoms with Crippen molar-refractivity contribution < 1.29 is 14.3 Å². The van der Waals surface area contributed by atoms with E-state index in [0.717, 1.165) is 5.69 Å². The molecule has 0 aromatic carbocycles. The van der Waals surface area contributed by atoms with E-state index >= 15 is 0 Å². The van der Waals surface area contributed by atoms with E-state index in [1.165, 1.54) is 4.90 Å². The van der Waals surface area contributed by atoms with Gasteiger partial charge in [0.15, 0.2) is 0 Å². The molecule has 118 valence electrons. The van der Waals surface area contributed by atoms with Crippen LogP contribution in [0, 0.1) is 0 Å². The lowest BCUT2D eigenvalue weighted by molar-refractivity contribution is -0.121. The lowest BCUT2D eigenvalue weighted by atomic mass is 10.2. The molecule has 1 aromatic rings. The zero-order valence-corrected chi connectivity index (χ0v) is 14.2. The van der Waals surface area contributed by atoms with Gasteiger partial charge in [0.2, 0.25) is 5.91 Å². The molecule has 2 amide bonds. The largest absolute Gasteiger partial charge is 0.444 e. The molecule has 1 aliphatic heterocycles. The number of carbonyl (C=O) groups is 2. The van der Waals surface area contributed by atoms with Gasteiger partial charge in [-0.25, -0.2) is 4.79 Å². The molecule has 1 fully saturated rings. The van der Waals surface area contributed by atoms with E-state index in [0.29, 0.717) is 13.1 Å². The summed E-state index contributed by atoms with van der Waals surface area (Å²) in [5.41, 5.74) is 0.365. The van der Waals surface area contributed by atoms with Gasteiger partial charge in [-0.2, -0.15) is 11.3 Å². The van der Waals surface area contributed by atoms with Crippen molar-refractivity contribution in [2.24, 2.45) is 0 Å². The fourth-order valence-electron chi connectivity index (χ4n) is 1.84. The van der Waals surface area contributed by atoms with Gasteiger partial charge in [-0.3, -0.25) is 9.69 Å². The zero-order valence-electron chi connectivity index (χ0n) is 13.4. The first-order valence-electron chi connectivity index (χ1n) is 7.17. The number of thiophene rings is 1. The fourth-order valence-corrected chi connectivity index (χ4v) is 2.48. The molecule has 0 saturated carbocycles. The Morgan fingerprint density at radius 2 is 1.95 bits per heavy atom. The Balaban J connectivity index is 0.00000106. The molecule has 0 spiro atoms. The quantitative estimate of drug-likeness (QED) is 0.799. The topological polar surface area (TPSA) is 49.9 Å². The third-order valence-electron chi connectivity index (χ3n) is 2.69. The van der Waals surface area contributed by atoms with Crippen molar-refractivity contribution in [3.63, 3.8) is 0 Å². The van der Waals surface area contributed by atoms with Crippen molar-refractivity contribution in [1.29, 1.82) is 0 Å². The minimum atomic E-state index is -0.537. The van der Waals surface area contributed by atoms with Gasteiger partial charge < -0.3 is 9.64 Å². The van der Waals surface area contributed by atoms with Gasteiger partial charge in [-0.05, 0) is 32.2 Å². The van der Waals surface area contributed by atoms with Crippen LogP contribution in [0.2, 0.25) is 0 Å². The van der Waals surface area contributed by atoms with Gasteiger partial charge in [0.25, 0.3) is 0 Å². The number of nitrogens with zero attached hydrogens (tertiary/aromatic N) is 2. The molecule has 0 unspecified atom stereocenters. The Kier molecular flexibility index (Phi) is 6.20. The molecule has 1 aliphatic rings. The molecule has 0 aliphatic carbocycles. The molecule has 0 N–H and O–H groups in total. The van der Waals surface area contributed by atoms with Crippen molar-refractivity contribution in [1.82, 2.24) is 4.90 Å². The van der Waals surface area contributed by atoms with Crippen LogP contribution in [0.5, 0.6) is 0 Å². The van der Waals surface area contributed by atoms with Gasteiger partial charge in [-0.15, -0.1) is 0 Å². The highest BCUT2D eigenvalue weighted by molar-refractivity contribution is 7.08. The van der Waals surface area contributed by atoms with E-state index in [1.807, 2.05) is 51.4 Å². The van der Waals surface area contributed by atoms with E-state index in [2.05, 4.69) is 0 Å². The van der Waals surface area contributed by atoms with Crippen LogP contribution in [0.25, 0.3) is 0 Å². The summed E-state index contributed by atoms with van der Waals surface area (Å²) >= 11 is 1.55. The molecule has 2 heterocycles. The van der Waals surface area contributed by atoms with Gasteiger partial charge in [0, 0.05) is 18.5 Å². The maximum atomic E-state index is 12.1. The lowest BCUT2D eigenvalue weighted by Gasteiger charge is -2.34. The van der Waals surface area contributed by atoms with Gasteiger partial charge in [0.1, 0.15) is 12.1 Å². The van der Waals surface area contributed by atoms with Crippen molar-refractivity contribution in [3.8, 4) is 0 Å². The second-order valence-corrected chi connectivity index (χ2v) is 6.21. The molecular weight excluding hydrogens is 288 g/mol. The average molecular weight is 312 g/mol. The Morgan fingerprint density at radius 3 is 2.43 bits per heavy atom. The number of hydrogen-bond donors (Lipinski definition) is 0. The van der Waals surface area contributed by atoms with E-state index < -0.39 is 11.7 Å². The number of hydrogen-bond acceptors (Lipinski definition) is 4. The minimum Gasteiger partial charge on any atom is -0.444 e. The molecule has 0 bridgehead atoms. The lowest BCUT2D eigenvalue weighted by Crippen LogP contribution is -2.53. The number of amides is 2. The van der Waals surface area contributed by atoms with Crippen LogP contribution in [-0.2, 0) is 9.53 Å². The van der Waals surface area contributed by atoms with Gasteiger partial charge in [-0.1, -0.05) is 13.8 Å². The van der Waals surface area contributed by atoms with Crippen LogP contribution in [0.3, 0.4) is 0 Å². The summed E-state index contributed by atoms with van der Waals surface area (Å²) in [5.74, 6) is -0.0736. The van der Waals surface area contributed by atoms with E-state index in [-0.39, 0.29) is 12.5 Å². The minimum absolute atomic E-state index is 0.0736. The highest BCUT2D eigenvalue weighted by Gasteiger charge is 2.30. The summed E-state index contributed by atoms with van der Waals surface area (Å²) in [4.78, 5) is 27.1. The van der Waals surface area contributed by atoms with Crippen molar-refractivity contribution in [2.75, 3.05) is 24.5 Å². The zero-order chi connectivity index (χ0) is 16.0. The Hall–Kier alpha value is -1.56. The third kappa shape index (κ3) is 5.04. The summed E-state index contributed by atoms with van der Waals surface area (Å²) in [7, 11) is 0. The number of ether oxygens (including phenoxy) is 1. The van der Waals surface area contributed by atoms with Crippen LogP contribution >= 0.6 is 11.3 Å². The Bertz CT molecular complexity index is 466. The molecule has 1 aromatic heterocycles. The standard InChI is InChI=1S/C13H18N2O3S.C2H6/c1-13(2,3)18-12(17)14-5-6-15(11(16)8-14)10-4-7-19-9-10;1-2/h4,7,9H,5-6,8H2,1-3H3;1-2H3. The smallest absolute Gasteiger partial charge is 0.410 e. The first-order chi connectivity index (χ1) is 9.87. The SMILES string of the molecule is CC.CC(C)(C)OC(=O)N1CCN(c2ccsc2)C(=O)C1. The molecule has 5 nitrogen and oxygen atoms in total. The van der Waals surface area contributed by atoms with E-state index in [9.17, 15) is 9.59 Å². The van der Waals surface area contributed by atoms with Crippen LogP contribution in [0.4, 0.5) is 10.5 Å². The molecule has 0 atom stereocenters. The summed E-state index contributed by atoms with van der Waals surface area (Å²) in [6.45, 7) is 10.5. The number of rotatable bonds is 1. The fraction of sp³-hybridized carbons (Fsp3) is 0.600. The van der Waals surface area contributed by atoms with Crippen molar-refractivity contribution in [2.45, 2.75) is 40.2 Å². The Labute approximate surface area is 130 Å². The summed E-state index contributed by atoms with van der Waals surface area (Å²) in [5, 5.41) is 3.86. The van der Waals surface area contributed by atoms with Crippen LogP contribution in [0.1, 0.15) is 34.6 Å². The van der Waals surface area contributed by atoms with Crippen molar-refractivity contribution >= 4 is 29.0 Å². The predicted molar refractivity (Wildman–Crippen MR) is 85.8 cm³/mol. The number of anilines is 1. The maximum Gasteiger partial charge on any atom is 0.410 e. The monoisotopic (exact) mass is 312 g/mol. The molecule has 21 heavy (non-hydrogen) atoms. The Morgan fingerprint density at radius 1 is 1.29 bits per heavy atom. The molecule has 0 radical (unpaired) electrons. The van der Waals surface area contributed by atoms with E-state index in [4.69, 9.17) is 4.74 Å².